The van der Waals surface area contributed by atoms with Gasteiger partial charge < -0.3 is 14.6 Å². The average Bonchev–Trinajstić information content (AvgIpc) is 2.80. The predicted octanol–water partition coefficient (Wildman–Crippen LogP) is 2.44. The summed E-state index contributed by atoms with van der Waals surface area (Å²) in [4.78, 5) is 0. The van der Waals surface area contributed by atoms with Crippen LogP contribution >= 0.6 is 0 Å². The molecule has 0 radical (unpaired) electrons. The van der Waals surface area contributed by atoms with Gasteiger partial charge in [-0.15, -0.1) is 0 Å². The van der Waals surface area contributed by atoms with Gasteiger partial charge in [-0.2, -0.15) is 0 Å². The molecule has 4 heteroatoms. The minimum absolute atomic E-state index is 0.113. The highest BCUT2D eigenvalue weighted by molar-refractivity contribution is 5.35. The predicted molar refractivity (Wildman–Crippen MR) is 61.5 cm³/mol. The molecule has 3 nitrogen and oxygen atoms in total. The molecule has 2 atom stereocenters. The average molecular weight is 240 g/mol. The molecule has 1 heterocycles. The minimum atomic E-state index is -0.745. The number of hydrogen-bond acceptors (Lipinski definition) is 3. The third kappa shape index (κ3) is 3.17. The Kier molecular flexibility index (Phi) is 3.97. The van der Waals surface area contributed by atoms with Gasteiger partial charge in [-0.05, 0) is 38.0 Å². The first-order valence-electron chi connectivity index (χ1n) is 5.88. The first-order valence-corrected chi connectivity index (χ1v) is 5.88. The van der Waals surface area contributed by atoms with Crippen LogP contribution in [0.15, 0.2) is 18.2 Å². The number of aliphatic hydroxyl groups is 1. The molecule has 94 valence electrons. The van der Waals surface area contributed by atoms with E-state index in [1.807, 2.05) is 0 Å². The quantitative estimate of drug-likeness (QED) is 0.878. The molecule has 1 aliphatic rings. The molecule has 0 aromatic heterocycles. The molecular weight excluding hydrogens is 223 g/mol. The smallest absolute Gasteiger partial charge is 0.125 e. The standard InChI is InChI=1S/C13H17FO3/c1-9(15)12-7-10(14)4-5-13(12)17-8-11-3-2-6-16-11/h4-5,7,9,11,15H,2-3,6,8H2,1H3. The molecule has 1 N–H and O–H groups in total. The maximum atomic E-state index is 13.1. The van der Waals surface area contributed by atoms with Crippen LogP contribution in [-0.4, -0.2) is 24.4 Å². The molecule has 0 amide bonds. The van der Waals surface area contributed by atoms with Crippen molar-refractivity contribution < 1.29 is 19.0 Å². The summed E-state index contributed by atoms with van der Waals surface area (Å²) in [5.41, 5.74) is 0.475. The van der Waals surface area contributed by atoms with Crippen LogP contribution in [0.5, 0.6) is 5.75 Å². The zero-order valence-corrected chi connectivity index (χ0v) is 9.86. The van der Waals surface area contributed by atoms with E-state index in [-0.39, 0.29) is 11.9 Å². The normalized spacial score (nSPS) is 21.5. The molecule has 1 saturated heterocycles. The molecule has 0 bridgehead atoms. The van der Waals surface area contributed by atoms with Crippen molar-refractivity contribution in [2.45, 2.75) is 32.0 Å². The highest BCUT2D eigenvalue weighted by Crippen LogP contribution is 2.26. The summed E-state index contributed by atoms with van der Waals surface area (Å²) in [5, 5.41) is 9.54. The monoisotopic (exact) mass is 240 g/mol. The van der Waals surface area contributed by atoms with Crippen molar-refractivity contribution in [1.82, 2.24) is 0 Å². The Morgan fingerprint density at radius 2 is 2.41 bits per heavy atom. The topological polar surface area (TPSA) is 38.7 Å². The van der Waals surface area contributed by atoms with Gasteiger partial charge in [0.05, 0.1) is 12.2 Å². The van der Waals surface area contributed by atoms with Crippen molar-refractivity contribution in [2.75, 3.05) is 13.2 Å². The summed E-state index contributed by atoms with van der Waals surface area (Å²) >= 11 is 0. The van der Waals surface area contributed by atoms with Crippen LogP contribution < -0.4 is 4.74 Å². The maximum Gasteiger partial charge on any atom is 0.125 e. The van der Waals surface area contributed by atoms with E-state index in [4.69, 9.17) is 9.47 Å². The second-order valence-electron chi connectivity index (χ2n) is 4.30. The Morgan fingerprint density at radius 1 is 1.59 bits per heavy atom. The summed E-state index contributed by atoms with van der Waals surface area (Å²) in [5.74, 6) is 0.155. The van der Waals surface area contributed by atoms with Crippen molar-refractivity contribution in [3.63, 3.8) is 0 Å². The molecule has 17 heavy (non-hydrogen) atoms. The van der Waals surface area contributed by atoms with Gasteiger partial charge in [0, 0.05) is 12.2 Å². The molecule has 1 aromatic carbocycles. The van der Waals surface area contributed by atoms with E-state index >= 15 is 0 Å². The highest BCUT2D eigenvalue weighted by atomic mass is 19.1. The summed E-state index contributed by atoms with van der Waals surface area (Å²) in [7, 11) is 0. The van der Waals surface area contributed by atoms with Gasteiger partial charge in [0.25, 0.3) is 0 Å². The van der Waals surface area contributed by atoms with Gasteiger partial charge in [0.2, 0.25) is 0 Å². The van der Waals surface area contributed by atoms with Gasteiger partial charge >= 0.3 is 0 Å². The van der Waals surface area contributed by atoms with Gasteiger partial charge in [0.1, 0.15) is 18.2 Å². The molecule has 2 unspecified atom stereocenters. The third-order valence-corrected chi connectivity index (χ3v) is 2.87. The van der Waals surface area contributed by atoms with Crippen LogP contribution in [-0.2, 0) is 4.74 Å². The lowest BCUT2D eigenvalue weighted by molar-refractivity contribution is 0.0663. The molecule has 1 aliphatic heterocycles. The lowest BCUT2D eigenvalue weighted by Crippen LogP contribution is -2.17. The summed E-state index contributed by atoms with van der Waals surface area (Å²) < 4.78 is 24.1. The van der Waals surface area contributed by atoms with Crippen LogP contribution in [0, 0.1) is 5.82 Å². The van der Waals surface area contributed by atoms with Gasteiger partial charge in [-0.1, -0.05) is 0 Å². The SMILES string of the molecule is CC(O)c1cc(F)ccc1OCC1CCCO1. The van der Waals surface area contributed by atoms with Crippen molar-refractivity contribution in [3.05, 3.63) is 29.6 Å². The van der Waals surface area contributed by atoms with Crippen molar-refractivity contribution in [1.29, 1.82) is 0 Å². The van der Waals surface area contributed by atoms with E-state index in [0.29, 0.717) is 17.9 Å². The Balaban J connectivity index is 2.03. The maximum absolute atomic E-state index is 13.1. The van der Waals surface area contributed by atoms with E-state index in [1.54, 1.807) is 13.0 Å². The Bertz CT molecular complexity index is 373. The second-order valence-corrected chi connectivity index (χ2v) is 4.30. The van der Waals surface area contributed by atoms with Gasteiger partial charge in [-0.25, -0.2) is 4.39 Å². The van der Waals surface area contributed by atoms with Crippen LogP contribution in [0.1, 0.15) is 31.4 Å². The van der Waals surface area contributed by atoms with Crippen molar-refractivity contribution >= 4 is 0 Å². The van der Waals surface area contributed by atoms with Gasteiger partial charge in [0.15, 0.2) is 0 Å². The summed E-state index contributed by atoms with van der Waals surface area (Å²) in [6.07, 6.45) is 1.42. The lowest BCUT2D eigenvalue weighted by Gasteiger charge is -2.16. The minimum Gasteiger partial charge on any atom is -0.490 e. The van der Waals surface area contributed by atoms with Crippen molar-refractivity contribution in [3.8, 4) is 5.75 Å². The number of ether oxygens (including phenoxy) is 2. The van der Waals surface area contributed by atoms with Crippen LogP contribution in [0.2, 0.25) is 0 Å². The summed E-state index contributed by atoms with van der Waals surface area (Å²) in [6, 6.07) is 4.18. The fourth-order valence-corrected chi connectivity index (χ4v) is 1.94. The van der Waals surface area contributed by atoms with E-state index < -0.39 is 6.10 Å². The molecule has 1 fully saturated rings. The molecule has 0 saturated carbocycles. The van der Waals surface area contributed by atoms with E-state index in [9.17, 15) is 9.50 Å². The number of rotatable bonds is 4. The molecular formula is C13H17FO3. The van der Waals surface area contributed by atoms with E-state index in [2.05, 4.69) is 0 Å². The fourth-order valence-electron chi connectivity index (χ4n) is 1.94. The molecule has 0 spiro atoms. The number of hydrogen-bond donors (Lipinski definition) is 1. The fraction of sp³-hybridized carbons (Fsp3) is 0.538. The Labute approximate surface area is 100 Å². The van der Waals surface area contributed by atoms with Crippen LogP contribution in [0.4, 0.5) is 4.39 Å². The third-order valence-electron chi connectivity index (χ3n) is 2.87. The lowest BCUT2D eigenvalue weighted by atomic mass is 10.1. The van der Waals surface area contributed by atoms with Crippen LogP contribution in [0.25, 0.3) is 0 Å². The largest absolute Gasteiger partial charge is 0.490 e. The van der Waals surface area contributed by atoms with E-state index in [0.717, 1.165) is 19.4 Å². The molecule has 0 aliphatic carbocycles. The zero-order valence-electron chi connectivity index (χ0n) is 9.86. The van der Waals surface area contributed by atoms with Crippen molar-refractivity contribution in [2.24, 2.45) is 0 Å². The van der Waals surface area contributed by atoms with E-state index in [1.165, 1.54) is 12.1 Å². The molecule has 1 aromatic rings. The second kappa shape index (κ2) is 5.47. The number of benzene rings is 1. The molecule has 2 rings (SSSR count). The first kappa shape index (κ1) is 12.3. The Morgan fingerprint density at radius 3 is 3.06 bits per heavy atom. The number of aliphatic hydroxyl groups excluding tert-OH is 1. The highest BCUT2D eigenvalue weighted by Gasteiger charge is 2.17. The first-order chi connectivity index (χ1) is 8.16. The van der Waals surface area contributed by atoms with Crippen LogP contribution in [0.3, 0.4) is 0 Å². The zero-order chi connectivity index (χ0) is 12.3. The Hall–Kier alpha value is -1.13. The summed E-state index contributed by atoms with van der Waals surface area (Å²) in [6.45, 7) is 2.82. The number of halogens is 1. The van der Waals surface area contributed by atoms with Gasteiger partial charge in [-0.3, -0.25) is 0 Å².